The molecule has 0 aromatic heterocycles. The Balaban J connectivity index is 2.21. The molecule has 0 saturated carbocycles. The van der Waals surface area contributed by atoms with E-state index in [4.69, 9.17) is 5.73 Å². The van der Waals surface area contributed by atoms with Gasteiger partial charge in [0.1, 0.15) is 0 Å². The molecule has 2 N–H and O–H groups in total. The molecule has 0 aliphatic heterocycles. The number of rotatable bonds is 5. The molecule has 0 fully saturated rings. The van der Waals surface area contributed by atoms with E-state index in [9.17, 15) is 0 Å². The Kier molecular flexibility index (Phi) is 5.21. The molecule has 106 valence electrons. The predicted octanol–water partition coefficient (Wildman–Crippen LogP) is 3.90. The first-order valence-corrected chi connectivity index (χ1v) is 7.64. The van der Waals surface area contributed by atoms with Crippen molar-refractivity contribution in [2.75, 3.05) is 18.5 Å². The van der Waals surface area contributed by atoms with E-state index in [2.05, 4.69) is 77.3 Å². The van der Waals surface area contributed by atoms with E-state index < -0.39 is 0 Å². The van der Waals surface area contributed by atoms with Gasteiger partial charge < -0.3 is 10.6 Å². The van der Waals surface area contributed by atoms with Gasteiger partial charge in [-0.3, -0.25) is 0 Å². The lowest BCUT2D eigenvalue weighted by Gasteiger charge is -2.23. The van der Waals surface area contributed by atoms with Gasteiger partial charge in [-0.05, 0) is 43.1 Å². The summed E-state index contributed by atoms with van der Waals surface area (Å²) in [6, 6.07) is 15.1. The third-order valence-corrected chi connectivity index (χ3v) is 3.91. The van der Waals surface area contributed by atoms with Crippen LogP contribution >= 0.6 is 15.9 Å². The van der Waals surface area contributed by atoms with Gasteiger partial charge in [-0.2, -0.15) is 0 Å². The molecule has 2 rings (SSSR count). The van der Waals surface area contributed by atoms with Crippen LogP contribution in [0.3, 0.4) is 0 Å². The van der Waals surface area contributed by atoms with Crippen LogP contribution in [0, 0.1) is 6.92 Å². The highest BCUT2D eigenvalue weighted by Gasteiger charge is 2.08. The monoisotopic (exact) mass is 332 g/mol. The number of hydrogen-bond donors (Lipinski definition) is 1. The smallest absolute Gasteiger partial charge is 0.0426 e. The van der Waals surface area contributed by atoms with Crippen LogP contribution in [0.25, 0.3) is 0 Å². The van der Waals surface area contributed by atoms with Gasteiger partial charge in [-0.25, -0.2) is 0 Å². The summed E-state index contributed by atoms with van der Waals surface area (Å²) in [4.78, 5) is 2.28. The largest absolute Gasteiger partial charge is 0.370 e. The maximum absolute atomic E-state index is 5.71. The molecule has 0 aliphatic rings. The quantitative estimate of drug-likeness (QED) is 0.899. The fourth-order valence-corrected chi connectivity index (χ4v) is 2.66. The van der Waals surface area contributed by atoms with Crippen LogP contribution in [0.5, 0.6) is 0 Å². The SMILES string of the molecule is Cc1ccc(CN(C)c2cc(Br)ccc2CCN)cc1. The first-order chi connectivity index (χ1) is 9.60. The van der Waals surface area contributed by atoms with Gasteiger partial charge in [-0.1, -0.05) is 51.8 Å². The van der Waals surface area contributed by atoms with Crippen molar-refractivity contribution in [3.05, 3.63) is 63.6 Å². The van der Waals surface area contributed by atoms with E-state index in [0.717, 1.165) is 17.4 Å². The van der Waals surface area contributed by atoms with E-state index in [-0.39, 0.29) is 0 Å². The van der Waals surface area contributed by atoms with Gasteiger partial charge in [0.2, 0.25) is 0 Å². The molecule has 3 heteroatoms. The number of halogens is 1. The van der Waals surface area contributed by atoms with Crippen LogP contribution in [0.2, 0.25) is 0 Å². The zero-order chi connectivity index (χ0) is 14.5. The lowest BCUT2D eigenvalue weighted by atomic mass is 10.1. The van der Waals surface area contributed by atoms with Crippen molar-refractivity contribution in [2.45, 2.75) is 19.9 Å². The van der Waals surface area contributed by atoms with Crippen LogP contribution in [0.1, 0.15) is 16.7 Å². The molecule has 2 aromatic rings. The van der Waals surface area contributed by atoms with E-state index in [1.54, 1.807) is 0 Å². The van der Waals surface area contributed by atoms with Gasteiger partial charge in [0.15, 0.2) is 0 Å². The molecule has 0 saturated heterocycles. The molecular formula is C17H21BrN2. The fourth-order valence-electron chi connectivity index (χ4n) is 2.31. The Morgan fingerprint density at radius 1 is 1.10 bits per heavy atom. The molecular weight excluding hydrogens is 312 g/mol. The molecule has 0 aliphatic carbocycles. The summed E-state index contributed by atoms with van der Waals surface area (Å²) in [5, 5.41) is 0. The molecule has 0 radical (unpaired) electrons. The average molecular weight is 333 g/mol. The van der Waals surface area contributed by atoms with E-state index in [1.165, 1.54) is 22.4 Å². The molecule has 2 aromatic carbocycles. The van der Waals surface area contributed by atoms with E-state index >= 15 is 0 Å². The van der Waals surface area contributed by atoms with Crippen LogP contribution < -0.4 is 10.6 Å². The number of aryl methyl sites for hydroxylation is 1. The molecule has 0 unspecified atom stereocenters. The lowest BCUT2D eigenvalue weighted by Crippen LogP contribution is -2.19. The topological polar surface area (TPSA) is 29.3 Å². The summed E-state index contributed by atoms with van der Waals surface area (Å²) >= 11 is 3.55. The van der Waals surface area contributed by atoms with Crippen LogP contribution in [0.4, 0.5) is 5.69 Å². The second kappa shape index (κ2) is 6.91. The number of anilines is 1. The Morgan fingerprint density at radius 2 is 1.80 bits per heavy atom. The van der Waals surface area contributed by atoms with Gasteiger partial charge in [0, 0.05) is 23.8 Å². The van der Waals surface area contributed by atoms with Crippen molar-refractivity contribution < 1.29 is 0 Å². The van der Waals surface area contributed by atoms with Crippen molar-refractivity contribution in [2.24, 2.45) is 5.73 Å². The molecule has 0 amide bonds. The second-order valence-corrected chi connectivity index (χ2v) is 6.07. The number of hydrogen-bond acceptors (Lipinski definition) is 2. The third-order valence-electron chi connectivity index (χ3n) is 3.41. The van der Waals surface area contributed by atoms with Crippen molar-refractivity contribution in [3.8, 4) is 0 Å². The Labute approximate surface area is 129 Å². The molecule has 0 atom stereocenters. The Bertz CT molecular complexity index is 564. The zero-order valence-electron chi connectivity index (χ0n) is 12.1. The molecule has 2 nitrogen and oxygen atoms in total. The summed E-state index contributed by atoms with van der Waals surface area (Å²) in [5.41, 5.74) is 10.9. The predicted molar refractivity (Wildman–Crippen MR) is 90.2 cm³/mol. The van der Waals surface area contributed by atoms with Crippen molar-refractivity contribution in [1.29, 1.82) is 0 Å². The number of nitrogens with zero attached hydrogens (tertiary/aromatic N) is 1. The van der Waals surface area contributed by atoms with Crippen molar-refractivity contribution in [1.82, 2.24) is 0 Å². The van der Waals surface area contributed by atoms with Gasteiger partial charge in [-0.15, -0.1) is 0 Å². The maximum Gasteiger partial charge on any atom is 0.0426 e. The highest BCUT2D eigenvalue weighted by molar-refractivity contribution is 9.10. The number of benzene rings is 2. The van der Waals surface area contributed by atoms with E-state index in [1.807, 2.05) is 0 Å². The van der Waals surface area contributed by atoms with Crippen LogP contribution in [-0.4, -0.2) is 13.6 Å². The highest BCUT2D eigenvalue weighted by Crippen LogP contribution is 2.26. The number of nitrogens with two attached hydrogens (primary N) is 1. The Hall–Kier alpha value is -1.32. The molecule has 20 heavy (non-hydrogen) atoms. The maximum atomic E-state index is 5.71. The zero-order valence-corrected chi connectivity index (χ0v) is 13.7. The standard InChI is InChI=1S/C17H21BrN2/c1-13-3-5-14(6-4-13)12-20(2)17-11-16(18)8-7-15(17)9-10-19/h3-8,11H,9-10,12,19H2,1-2H3. The van der Waals surface area contributed by atoms with E-state index in [0.29, 0.717) is 6.54 Å². The first-order valence-electron chi connectivity index (χ1n) is 6.85. The molecule has 0 spiro atoms. The third kappa shape index (κ3) is 3.84. The Morgan fingerprint density at radius 3 is 2.45 bits per heavy atom. The summed E-state index contributed by atoms with van der Waals surface area (Å²) in [6.07, 6.45) is 0.904. The van der Waals surface area contributed by atoms with Crippen molar-refractivity contribution >= 4 is 21.6 Å². The average Bonchev–Trinajstić information content (AvgIpc) is 2.43. The molecule has 0 heterocycles. The van der Waals surface area contributed by atoms with Crippen molar-refractivity contribution in [3.63, 3.8) is 0 Å². The van der Waals surface area contributed by atoms with Gasteiger partial charge in [0.25, 0.3) is 0 Å². The van der Waals surface area contributed by atoms with Crippen LogP contribution in [-0.2, 0) is 13.0 Å². The first kappa shape index (κ1) is 15.1. The minimum atomic E-state index is 0.674. The van der Waals surface area contributed by atoms with Gasteiger partial charge >= 0.3 is 0 Å². The summed E-state index contributed by atoms with van der Waals surface area (Å²) in [7, 11) is 2.13. The fraction of sp³-hybridized carbons (Fsp3) is 0.294. The minimum absolute atomic E-state index is 0.674. The summed E-state index contributed by atoms with van der Waals surface area (Å²) in [6.45, 7) is 3.68. The highest BCUT2D eigenvalue weighted by atomic mass is 79.9. The normalized spacial score (nSPS) is 10.6. The molecule has 0 bridgehead atoms. The summed E-state index contributed by atoms with van der Waals surface area (Å²) in [5.74, 6) is 0. The lowest BCUT2D eigenvalue weighted by molar-refractivity contribution is 0.891. The summed E-state index contributed by atoms with van der Waals surface area (Å²) < 4.78 is 1.10. The minimum Gasteiger partial charge on any atom is -0.370 e. The second-order valence-electron chi connectivity index (χ2n) is 5.15. The van der Waals surface area contributed by atoms with Crippen LogP contribution in [0.15, 0.2) is 46.9 Å². The van der Waals surface area contributed by atoms with Gasteiger partial charge in [0.05, 0.1) is 0 Å².